The van der Waals surface area contributed by atoms with Crippen LogP contribution in [0.1, 0.15) is 40.5 Å². The van der Waals surface area contributed by atoms with Gasteiger partial charge in [0.2, 0.25) is 0 Å². The molecule has 0 aromatic heterocycles. The Bertz CT molecular complexity index is 160. The smallest absolute Gasteiger partial charge is 0.169 e. The highest BCUT2D eigenvalue weighted by Crippen LogP contribution is 2.13. The topological polar surface area (TPSA) is 50.7 Å². The number of rotatable bonds is 10. The average Bonchev–Trinajstić information content (AvgIpc) is 2.27. The van der Waals surface area contributed by atoms with Crippen LogP contribution in [-0.4, -0.2) is 43.3 Å². The normalized spacial score (nSPS) is 15.4. The van der Waals surface area contributed by atoms with Gasteiger partial charge in [0.25, 0.3) is 0 Å². The van der Waals surface area contributed by atoms with Gasteiger partial charge in [0.05, 0.1) is 0 Å². The zero-order chi connectivity index (χ0) is 12.4. The largest absolute Gasteiger partial charge is 0.396 e. The van der Waals surface area contributed by atoms with Crippen LogP contribution >= 0.6 is 0 Å². The van der Waals surface area contributed by atoms with Crippen molar-refractivity contribution in [1.82, 2.24) is 5.32 Å². The summed E-state index contributed by atoms with van der Waals surface area (Å²) in [4.78, 5) is 0. The Hall–Kier alpha value is -0.160. The van der Waals surface area contributed by atoms with Crippen LogP contribution < -0.4 is 5.32 Å². The van der Waals surface area contributed by atoms with E-state index < -0.39 is 0 Å². The summed E-state index contributed by atoms with van der Waals surface area (Å²) in [5, 5.41) is 12.4. The van der Waals surface area contributed by atoms with Crippen LogP contribution in [0.3, 0.4) is 0 Å². The minimum absolute atomic E-state index is 0.0405. The van der Waals surface area contributed by atoms with E-state index in [1.165, 1.54) is 0 Å². The molecule has 0 aromatic carbocycles. The molecule has 0 aliphatic heterocycles. The Balaban J connectivity index is 4.03. The summed E-state index contributed by atoms with van der Waals surface area (Å²) in [7, 11) is 0. The van der Waals surface area contributed by atoms with Gasteiger partial charge in [-0.3, -0.25) is 0 Å². The van der Waals surface area contributed by atoms with Crippen molar-refractivity contribution in [3.05, 3.63) is 0 Å². The maximum absolute atomic E-state index is 9.00. The Labute approximate surface area is 99.3 Å². The lowest BCUT2D eigenvalue weighted by Gasteiger charge is -2.31. The van der Waals surface area contributed by atoms with E-state index in [1.807, 2.05) is 13.8 Å². The molecular formula is C12H27NO3. The van der Waals surface area contributed by atoms with E-state index >= 15 is 0 Å². The number of hydrogen-bond donors (Lipinski definition) is 2. The Morgan fingerprint density at radius 1 is 1.19 bits per heavy atom. The summed E-state index contributed by atoms with van der Waals surface area (Å²) in [6.45, 7) is 10.3. The molecule has 0 saturated heterocycles. The van der Waals surface area contributed by atoms with Crippen molar-refractivity contribution in [3.63, 3.8) is 0 Å². The second kappa shape index (κ2) is 8.93. The van der Waals surface area contributed by atoms with Gasteiger partial charge >= 0.3 is 0 Å². The summed E-state index contributed by atoms with van der Waals surface area (Å²) in [6.07, 6.45) is 1.52. The minimum Gasteiger partial charge on any atom is -0.396 e. The van der Waals surface area contributed by atoms with Crippen molar-refractivity contribution < 1.29 is 14.6 Å². The third-order valence-corrected chi connectivity index (χ3v) is 2.84. The molecule has 0 radical (unpaired) electrons. The Morgan fingerprint density at radius 3 is 2.12 bits per heavy atom. The summed E-state index contributed by atoms with van der Waals surface area (Å²) in [6, 6.07) is 0. The van der Waals surface area contributed by atoms with Gasteiger partial charge in [0.15, 0.2) is 6.29 Å². The summed E-state index contributed by atoms with van der Waals surface area (Å²) in [5.41, 5.74) is -0.0405. The van der Waals surface area contributed by atoms with Gasteiger partial charge in [-0.25, -0.2) is 0 Å². The predicted octanol–water partition coefficient (Wildman–Crippen LogP) is 1.53. The van der Waals surface area contributed by atoms with Crippen LogP contribution in [-0.2, 0) is 9.47 Å². The lowest BCUT2D eigenvalue weighted by molar-refractivity contribution is -0.135. The van der Waals surface area contributed by atoms with E-state index in [0.717, 1.165) is 12.8 Å². The molecule has 0 aliphatic carbocycles. The maximum Gasteiger partial charge on any atom is 0.169 e. The van der Waals surface area contributed by atoms with Crippen molar-refractivity contribution in [2.75, 3.05) is 26.4 Å². The molecule has 0 bridgehead atoms. The zero-order valence-corrected chi connectivity index (χ0v) is 11.1. The number of hydrogen-bond acceptors (Lipinski definition) is 4. The molecule has 0 aromatic rings. The van der Waals surface area contributed by atoms with Crippen molar-refractivity contribution in [1.29, 1.82) is 0 Å². The van der Waals surface area contributed by atoms with Crippen molar-refractivity contribution in [2.24, 2.45) is 0 Å². The second-order valence-corrected chi connectivity index (χ2v) is 4.11. The molecule has 0 fully saturated rings. The molecule has 4 heteroatoms. The first-order valence-corrected chi connectivity index (χ1v) is 6.21. The van der Waals surface area contributed by atoms with E-state index in [-0.39, 0.29) is 18.4 Å². The van der Waals surface area contributed by atoms with Crippen molar-refractivity contribution in [2.45, 2.75) is 52.4 Å². The molecule has 0 aliphatic rings. The lowest BCUT2D eigenvalue weighted by Crippen LogP contribution is -2.47. The maximum atomic E-state index is 9.00. The highest BCUT2D eigenvalue weighted by molar-refractivity contribution is 4.81. The van der Waals surface area contributed by atoms with Gasteiger partial charge in [-0.15, -0.1) is 0 Å². The molecule has 16 heavy (non-hydrogen) atoms. The van der Waals surface area contributed by atoms with Gasteiger partial charge in [-0.05, 0) is 33.6 Å². The van der Waals surface area contributed by atoms with Crippen molar-refractivity contribution >= 4 is 0 Å². The standard InChI is InChI=1S/C12H27NO3/c1-5-12(4,8-9-14)13-10-11(15-6-2)16-7-3/h11,13-14H,5-10H2,1-4H3. The molecule has 0 rings (SSSR count). The van der Waals surface area contributed by atoms with E-state index in [1.54, 1.807) is 0 Å². The number of nitrogens with one attached hydrogen (secondary N) is 1. The van der Waals surface area contributed by atoms with E-state index in [4.69, 9.17) is 14.6 Å². The highest BCUT2D eigenvalue weighted by atomic mass is 16.7. The first kappa shape index (κ1) is 15.8. The molecule has 0 heterocycles. The first-order valence-electron chi connectivity index (χ1n) is 6.21. The molecule has 4 nitrogen and oxygen atoms in total. The molecule has 1 unspecified atom stereocenters. The van der Waals surface area contributed by atoms with Crippen LogP contribution in [0, 0.1) is 0 Å². The Morgan fingerprint density at radius 2 is 1.75 bits per heavy atom. The third kappa shape index (κ3) is 6.43. The predicted molar refractivity (Wildman–Crippen MR) is 65.4 cm³/mol. The van der Waals surface area contributed by atoms with Crippen LogP contribution in [0.15, 0.2) is 0 Å². The fraction of sp³-hybridized carbons (Fsp3) is 1.00. The monoisotopic (exact) mass is 233 g/mol. The molecule has 0 saturated carbocycles. The fourth-order valence-electron chi connectivity index (χ4n) is 1.50. The van der Waals surface area contributed by atoms with Gasteiger partial charge in [0, 0.05) is 31.9 Å². The zero-order valence-electron chi connectivity index (χ0n) is 11.1. The first-order chi connectivity index (χ1) is 7.61. The molecule has 0 amide bonds. The average molecular weight is 233 g/mol. The molecule has 98 valence electrons. The SMILES string of the molecule is CCOC(CNC(C)(CC)CCO)OCC. The number of ether oxygens (including phenoxy) is 2. The van der Waals surface area contributed by atoms with Crippen LogP contribution in [0.5, 0.6) is 0 Å². The molecule has 0 spiro atoms. The van der Waals surface area contributed by atoms with Gasteiger partial charge in [-0.2, -0.15) is 0 Å². The number of aliphatic hydroxyl groups is 1. The van der Waals surface area contributed by atoms with Crippen LogP contribution in [0.25, 0.3) is 0 Å². The van der Waals surface area contributed by atoms with Crippen LogP contribution in [0.2, 0.25) is 0 Å². The van der Waals surface area contributed by atoms with E-state index in [2.05, 4.69) is 19.2 Å². The minimum atomic E-state index is -0.195. The lowest BCUT2D eigenvalue weighted by atomic mass is 9.95. The van der Waals surface area contributed by atoms with E-state index in [9.17, 15) is 0 Å². The van der Waals surface area contributed by atoms with Crippen molar-refractivity contribution in [3.8, 4) is 0 Å². The Kier molecular flexibility index (Phi) is 8.84. The second-order valence-electron chi connectivity index (χ2n) is 4.11. The molecule has 1 atom stereocenters. The fourth-order valence-corrected chi connectivity index (χ4v) is 1.50. The number of aliphatic hydroxyl groups excluding tert-OH is 1. The molecular weight excluding hydrogens is 206 g/mol. The van der Waals surface area contributed by atoms with Gasteiger partial charge < -0.3 is 19.9 Å². The molecule has 2 N–H and O–H groups in total. The highest BCUT2D eigenvalue weighted by Gasteiger charge is 2.22. The van der Waals surface area contributed by atoms with Gasteiger partial charge in [0.1, 0.15) is 0 Å². The summed E-state index contributed by atoms with van der Waals surface area (Å²) < 4.78 is 10.9. The third-order valence-electron chi connectivity index (χ3n) is 2.84. The summed E-state index contributed by atoms with van der Waals surface area (Å²) >= 11 is 0. The van der Waals surface area contributed by atoms with Gasteiger partial charge in [-0.1, -0.05) is 6.92 Å². The quantitative estimate of drug-likeness (QED) is 0.562. The van der Waals surface area contributed by atoms with Crippen LogP contribution in [0.4, 0.5) is 0 Å². The summed E-state index contributed by atoms with van der Waals surface area (Å²) in [5.74, 6) is 0. The van der Waals surface area contributed by atoms with E-state index in [0.29, 0.717) is 19.8 Å².